The molecule has 2 aromatic rings. The molecule has 1 atom stereocenters. The summed E-state index contributed by atoms with van der Waals surface area (Å²) in [6.45, 7) is 0.558. The van der Waals surface area contributed by atoms with Gasteiger partial charge < -0.3 is 15.4 Å². The van der Waals surface area contributed by atoms with Gasteiger partial charge in [-0.3, -0.25) is 4.79 Å². The molecule has 0 bridgehead atoms. The van der Waals surface area contributed by atoms with Crippen LogP contribution in [0, 0.1) is 0 Å². The predicted octanol–water partition coefficient (Wildman–Crippen LogP) is 1.18. The SMILES string of the molecule is COc1ccc(CCNC(=O)NC2CCc3n[nH]c(=O)cc3C2)cc1. The molecule has 1 aromatic carbocycles. The Labute approximate surface area is 145 Å². The summed E-state index contributed by atoms with van der Waals surface area (Å²) in [6.07, 6.45) is 2.96. The minimum atomic E-state index is -0.205. The third-order valence-corrected chi connectivity index (χ3v) is 4.37. The lowest BCUT2D eigenvalue weighted by atomic mass is 9.92. The maximum Gasteiger partial charge on any atom is 0.315 e. The number of H-pyrrole nitrogens is 1. The average Bonchev–Trinajstić information content (AvgIpc) is 2.62. The van der Waals surface area contributed by atoms with Gasteiger partial charge in [-0.15, -0.1) is 0 Å². The van der Waals surface area contributed by atoms with Crippen LogP contribution in [0.15, 0.2) is 35.1 Å². The van der Waals surface area contributed by atoms with E-state index in [4.69, 9.17) is 4.74 Å². The zero-order valence-corrected chi connectivity index (χ0v) is 14.2. The van der Waals surface area contributed by atoms with Crippen molar-refractivity contribution in [2.45, 2.75) is 31.7 Å². The summed E-state index contributed by atoms with van der Waals surface area (Å²) in [4.78, 5) is 23.4. The molecule has 7 nitrogen and oxygen atoms in total. The fraction of sp³-hybridized carbons (Fsp3) is 0.389. The van der Waals surface area contributed by atoms with E-state index in [2.05, 4.69) is 20.8 Å². The van der Waals surface area contributed by atoms with Crippen LogP contribution in [-0.2, 0) is 19.3 Å². The third-order valence-electron chi connectivity index (χ3n) is 4.37. The van der Waals surface area contributed by atoms with Crippen molar-refractivity contribution in [1.82, 2.24) is 20.8 Å². The second-order valence-electron chi connectivity index (χ2n) is 6.14. The summed E-state index contributed by atoms with van der Waals surface area (Å²) in [5.41, 5.74) is 2.76. The number of carbonyl (C=O) groups is 1. The number of hydrogen-bond donors (Lipinski definition) is 3. The molecule has 0 aliphatic heterocycles. The normalized spacial score (nSPS) is 16.0. The van der Waals surface area contributed by atoms with Gasteiger partial charge in [0.15, 0.2) is 0 Å². The van der Waals surface area contributed by atoms with Gasteiger partial charge >= 0.3 is 6.03 Å². The van der Waals surface area contributed by atoms with E-state index in [0.717, 1.165) is 41.8 Å². The Bertz CT molecular complexity index is 786. The highest BCUT2D eigenvalue weighted by atomic mass is 16.5. The number of benzene rings is 1. The molecule has 1 unspecified atom stereocenters. The molecular weight excluding hydrogens is 320 g/mol. The van der Waals surface area contributed by atoms with Crippen LogP contribution in [-0.4, -0.2) is 35.9 Å². The largest absolute Gasteiger partial charge is 0.497 e. The molecule has 3 rings (SSSR count). The van der Waals surface area contributed by atoms with Crippen LogP contribution in [0.25, 0.3) is 0 Å². The molecule has 1 aromatic heterocycles. The van der Waals surface area contributed by atoms with Gasteiger partial charge in [0.25, 0.3) is 5.56 Å². The Hall–Kier alpha value is -2.83. The van der Waals surface area contributed by atoms with E-state index in [1.807, 2.05) is 24.3 Å². The topological polar surface area (TPSA) is 96.1 Å². The summed E-state index contributed by atoms with van der Waals surface area (Å²) in [6, 6.07) is 9.20. The van der Waals surface area contributed by atoms with Crippen molar-refractivity contribution < 1.29 is 9.53 Å². The van der Waals surface area contributed by atoms with E-state index in [1.54, 1.807) is 13.2 Å². The van der Waals surface area contributed by atoms with Gasteiger partial charge in [-0.1, -0.05) is 12.1 Å². The van der Waals surface area contributed by atoms with Crippen molar-refractivity contribution in [2.24, 2.45) is 0 Å². The van der Waals surface area contributed by atoms with Crippen molar-refractivity contribution >= 4 is 6.03 Å². The van der Waals surface area contributed by atoms with Gasteiger partial charge in [-0.05, 0) is 48.9 Å². The predicted molar refractivity (Wildman–Crippen MR) is 93.9 cm³/mol. The average molecular weight is 342 g/mol. The first-order chi connectivity index (χ1) is 12.1. The zero-order valence-electron chi connectivity index (χ0n) is 14.2. The number of urea groups is 1. The van der Waals surface area contributed by atoms with Crippen molar-refractivity contribution in [3.05, 3.63) is 57.5 Å². The molecule has 1 aliphatic rings. The first kappa shape index (κ1) is 17.0. The van der Waals surface area contributed by atoms with E-state index >= 15 is 0 Å². The van der Waals surface area contributed by atoms with Gasteiger partial charge in [0, 0.05) is 18.7 Å². The second kappa shape index (κ2) is 7.83. The lowest BCUT2D eigenvalue weighted by Crippen LogP contribution is -2.45. The Balaban J connectivity index is 1.44. The molecule has 7 heteroatoms. The number of ether oxygens (including phenoxy) is 1. The van der Waals surface area contributed by atoms with E-state index in [9.17, 15) is 9.59 Å². The molecule has 1 heterocycles. The maximum absolute atomic E-state index is 12.1. The van der Waals surface area contributed by atoms with Crippen LogP contribution in [0.1, 0.15) is 23.2 Å². The molecule has 2 amide bonds. The quantitative estimate of drug-likeness (QED) is 0.760. The molecule has 1 aliphatic carbocycles. The Kier molecular flexibility index (Phi) is 5.33. The third kappa shape index (κ3) is 4.59. The summed E-state index contributed by atoms with van der Waals surface area (Å²) in [7, 11) is 1.64. The van der Waals surface area contributed by atoms with Crippen LogP contribution in [0.2, 0.25) is 0 Å². The molecule has 25 heavy (non-hydrogen) atoms. The minimum absolute atomic E-state index is 0.0251. The molecule has 0 fully saturated rings. The lowest BCUT2D eigenvalue weighted by Gasteiger charge is -2.24. The van der Waals surface area contributed by atoms with Gasteiger partial charge in [0.1, 0.15) is 5.75 Å². The molecular formula is C18H22N4O3. The Morgan fingerprint density at radius 1 is 1.36 bits per heavy atom. The van der Waals surface area contributed by atoms with E-state index in [0.29, 0.717) is 13.0 Å². The highest BCUT2D eigenvalue weighted by Crippen LogP contribution is 2.17. The summed E-state index contributed by atoms with van der Waals surface area (Å²) in [5.74, 6) is 0.820. The van der Waals surface area contributed by atoms with Gasteiger partial charge in [0.05, 0.1) is 12.8 Å². The number of methoxy groups -OCH3 is 1. The fourth-order valence-corrected chi connectivity index (χ4v) is 3.01. The molecule has 0 radical (unpaired) electrons. The number of fused-ring (bicyclic) bond motifs is 1. The lowest BCUT2D eigenvalue weighted by molar-refractivity contribution is 0.235. The number of nitrogens with one attached hydrogen (secondary N) is 3. The summed E-state index contributed by atoms with van der Waals surface area (Å²) >= 11 is 0. The molecule has 0 saturated carbocycles. The maximum atomic E-state index is 12.1. The highest BCUT2D eigenvalue weighted by Gasteiger charge is 2.21. The number of rotatable bonds is 5. The summed E-state index contributed by atoms with van der Waals surface area (Å²) < 4.78 is 5.12. The highest BCUT2D eigenvalue weighted by molar-refractivity contribution is 5.74. The monoisotopic (exact) mass is 342 g/mol. The zero-order chi connectivity index (χ0) is 17.6. The van der Waals surface area contributed by atoms with E-state index < -0.39 is 0 Å². The minimum Gasteiger partial charge on any atom is -0.497 e. The van der Waals surface area contributed by atoms with Crippen LogP contribution in [0.3, 0.4) is 0 Å². The van der Waals surface area contributed by atoms with Crippen LogP contribution in [0.4, 0.5) is 4.79 Å². The van der Waals surface area contributed by atoms with Crippen molar-refractivity contribution in [1.29, 1.82) is 0 Å². The number of nitrogens with zero attached hydrogens (tertiary/aromatic N) is 1. The standard InChI is InChI=1S/C18H22N4O3/c1-25-15-5-2-12(3-6-15)8-9-19-18(24)20-14-4-7-16-13(10-14)11-17(23)22-21-16/h2-3,5-6,11,14H,4,7-10H2,1H3,(H,22,23)(H2,19,20,24). The molecule has 0 spiro atoms. The van der Waals surface area contributed by atoms with Gasteiger partial charge in [-0.2, -0.15) is 5.10 Å². The summed E-state index contributed by atoms with van der Waals surface area (Å²) in [5, 5.41) is 12.4. The number of amides is 2. The fourth-order valence-electron chi connectivity index (χ4n) is 3.01. The van der Waals surface area contributed by atoms with Crippen molar-refractivity contribution in [3.63, 3.8) is 0 Å². The van der Waals surface area contributed by atoms with Crippen molar-refractivity contribution in [3.8, 4) is 5.75 Å². The van der Waals surface area contributed by atoms with Crippen molar-refractivity contribution in [2.75, 3.05) is 13.7 Å². The molecule has 3 N–H and O–H groups in total. The van der Waals surface area contributed by atoms with Gasteiger partial charge in [0.2, 0.25) is 0 Å². The van der Waals surface area contributed by atoms with E-state index in [1.165, 1.54) is 0 Å². The number of aryl methyl sites for hydroxylation is 1. The number of hydrogen-bond acceptors (Lipinski definition) is 4. The number of aromatic nitrogens is 2. The first-order valence-corrected chi connectivity index (χ1v) is 8.39. The van der Waals surface area contributed by atoms with Crippen LogP contribution < -0.4 is 20.9 Å². The molecule has 132 valence electrons. The Morgan fingerprint density at radius 3 is 2.92 bits per heavy atom. The second-order valence-corrected chi connectivity index (χ2v) is 6.14. The Morgan fingerprint density at radius 2 is 2.16 bits per heavy atom. The first-order valence-electron chi connectivity index (χ1n) is 8.39. The smallest absolute Gasteiger partial charge is 0.315 e. The van der Waals surface area contributed by atoms with E-state index in [-0.39, 0.29) is 17.6 Å². The molecule has 0 saturated heterocycles. The van der Waals surface area contributed by atoms with Crippen LogP contribution in [0.5, 0.6) is 5.75 Å². The van der Waals surface area contributed by atoms with Gasteiger partial charge in [-0.25, -0.2) is 9.89 Å². The van der Waals surface area contributed by atoms with Crippen LogP contribution >= 0.6 is 0 Å². The number of carbonyl (C=O) groups excluding carboxylic acids is 1. The number of aromatic amines is 1.